The fraction of sp³-hybridized carbons (Fsp3) is 0.350. The average Bonchev–Trinajstić information content (AvgIpc) is 3.13. The van der Waals surface area contributed by atoms with Crippen molar-refractivity contribution in [1.82, 2.24) is 30.0 Å². The van der Waals surface area contributed by atoms with E-state index in [-0.39, 0.29) is 29.7 Å². The van der Waals surface area contributed by atoms with Gasteiger partial charge in [0, 0.05) is 18.4 Å². The van der Waals surface area contributed by atoms with Crippen LogP contribution in [0.3, 0.4) is 0 Å². The molecule has 29 heavy (non-hydrogen) atoms. The van der Waals surface area contributed by atoms with Gasteiger partial charge in [-0.25, -0.2) is 19.0 Å². The van der Waals surface area contributed by atoms with Crippen LogP contribution >= 0.6 is 0 Å². The second kappa shape index (κ2) is 8.34. The summed E-state index contributed by atoms with van der Waals surface area (Å²) < 4.78 is 14.8. The van der Waals surface area contributed by atoms with Gasteiger partial charge in [0.05, 0.1) is 11.7 Å². The smallest absolute Gasteiger partial charge is 0.251 e. The number of benzene rings is 1. The number of carbonyl (C=O) groups is 1. The van der Waals surface area contributed by atoms with Gasteiger partial charge < -0.3 is 10.3 Å². The van der Waals surface area contributed by atoms with Gasteiger partial charge in [0.2, 0.25) is 5.91 Å². The van der Waals surface area contributed by atoms with Gasteiger partial charge in [-0.1, -0.05) is 18.6 Å². The highest BCUT2D eigenvalue weighted by atomic mass is 19.1. The van der Waals surface area contributed by atoms with E-state index in [1.54, 1.807) is 12.1 Å². The maximum atomic E-state index is 13.4. The Morgan fingerprint density at radius 1 is 1.31 bits per heavy atom. The number of nitrogens with zero attached hydrogens (tertiary/aromatic N) is 4. The standard InChI is InChI=1S/C20H21FN6O2/c21-15-6-4-13(5-7-15)17(25-19(29)10-27-12-22-11-23-27)8-16-9-18(28)26-20(24-16)14-2-1-3-14/h4-7,9,11-12,14,17H,1-3,8,10H2,(H,25,29)(H,24,26,28)/t17-/m1/s1. The Kier molecular flexibility index (Phi) is 5.46. The lowest BCUT2D eigenvalue weighted by molar-refractivity contribution is -0.122. The van der Waals surface area contributed by atoms with E-state index in [0.717, 1.165) is 24.8 Å². The number of rotatable bonds is 7. The molecule has 1 aromatic carbocycles. The van der Waals surface area contributed by atoms with Crippen LogP contribution in [0, 0.1) is 5.82 Å². The van der Waals surface area contributed by atoms with Crippen LogP contribution in [-0.4, -0.2) is 30.6 Å². The summed E-state index contributed by atoms with van der Waals surface area (Å²) in [6, 6.07) is 6.91. The van der Waals surface area contributed by atoms with Crippen LogP contribution in [0.1, 0.15) is 48.3 Å². The molecule has 0 radical (unpaired) electrons. The van der Waals surface area contributed by atoms with Crippen LogP contribution in [0.2, 0.25) is 0 Å². The van der Waals surface area contributed by atoms with E-state index in [0.29, 0.717) is 17.9 Å². The van der Waals surface area contributed by atoms with Crippen molar-refractivity contribution in [3.05, 3.63) is 76.2 Å². The molecule has 1 amide bonds. The van der Waals surface area contributed by atoms with Crippen molar-refractivity contribution < 1.29 is 9.18 Å². The molecule has 4 rings (SSSR count). The summed E-state index contributed by atoms with van der Waals surface area (Å²) in [7, 11) is 0. The molecule has 0 saturated heterocycles. The molecule has 2 aromatic heterocycles. The van der Waals surface area contributed by atoms with E-state index in [9.17, 15) is 14.0 Å². The molecule has 2 N–H and O–H groups in total. The highest BCUT2D eigenvalue weighted by Crippen LogP contribution is 2.34. The number of aromatic amines is 1. The average molecular weight is 396 g/mol. The molecular weight excluding hydrogens is 375 g/mol. The summed E-state index contributed by atoms with van der Waals surface area (Å²) in [6.07, 6.45) is 6.29. The van der Waals surface area contributed by atoms with E-state index >= 15 is 0 Å². The highest BCUT2D eigenvalue weighted by Gasteiger charge is 2.23. The summed E-state index contributed by atoms with van der Waals surface area (Å²) in [5.41, 5.74) is 1.11. The number of hydrogen-bond acceptors (Lipinski definition) is 5. The highest BCUT2D eigenvalue weighted by molar-refractivity contribution is 5.76. The number of carbonyl (C=O) groups excluding carboxylic acids is 1. The van der Waals surface area contributed by atoms with E-state index in [2.05, 4.69) is 25.4 Å². The van der Waals surface area contributed by atoms with Crippen LogP contribution in [0.25, 0.3) is 0 Å². The Balaban J connectivity index is 1.56. The number of nitrogens with one attached hydrogen (secondary N) is 2. The van der Waals surface area contributed by atoms with Crippen LogP contribution in [-0.2, 0) is 17.8 Å². The quantitative estimate of drug-likeness (QED) is 0.634. The fourth-order valence-corrected chi connectivity index (χ4v) is 3.37. The lowest BCUT2D eigenvalue weighted by atomic mass is 9.85. The molecule has 2 heterocycles. The number of amides is 1. The topological polar surface area (TPSA) is 106 Å². The maximum absolute atomic E-state index is 13.4. The molecule has 0 bridgehead atoms. The minimum atomic E-state index is -0.463. The largest absolute Gasteiger partial charge is 0.347 e. The number of aromatic nitrogens is 5. The molecule has 9 heteroatoms. The van der Waals surface area contributed by atoms with Gasteiger partial charge in [-0.2, -0.15) is 5.10 Å². The lowest BCUT2D eigenvalue weighted by Crippen LogP contribution is -2.33. The van der Waals surface area contributed by atoms with Crippen molar-refractivity contribution in [2.45, 2.75) is 44.2 Å². The van der Waals surface area contributed by atoms with E-state index in [1.807, 2.05) is 0 Å². The predicted molar refractivity (Wildman–Crippen MR) is 102 cm³/mol. The monoisotopic (exact) mass is 396 g/mol. The van der Waals surface area contributed by atoms with Gasteiger partial charge in [-0.3, -0.25) is 9.59 Å². The first-order valence-corrected chi connectivity index (χ1v) is 9.54. The molecule has 1 aliphatic carbocycles. The second-order valence-electron chi connectivity index (χ2n) is 7.22. The Hall–Kier alpha value is -3.36. The Bertz CT molecular complexity index is 1030. The van der Waals surface area contributed by atoms with Crippen molar-refractivity contribution in [3.63, 3.8) is 0 Å². The zero-order valence-electron chi connectivity index (χ0n) is 15.7. The van der Waals surface area contributed by atoms with E-state index < -0.39 is 6.04 Å². The van der Waals surface area contributed by atoms with Gasteiger partial charge in [-0.15, -0.1) is 0 Å². The predicted octanol–water partition coefficient (Wildman–Crippen LogP) is 1.87. The lowest BCUT2D eigenvalue weighted by Gasteiger charge is -2.25. The van der Waals surface area contributed by atoms with Gasteiger partial charge in [0.25, 0.3) is 5.56 Å². The second-order valence-corrected chi connectivity index (χ2v) is 7.22. The van der Waals surface area contributed by atoms with Gasteiger partial charge in [0.1, 0.15) is 30.8 Å². The van der Waals surface area contributed by atoms with E-state index in [4.69, 9.17) is 0 Å². The van der Waals surface area contributed by atoms with Crippen molar-refractivity contribution >= 4 is 5.91 Å². The van der Waals surface area contributed by atoms with Crippen molar-refractivity contribution in [1.29, 1.82) is 0 Å². The molecular formula is C20H21FN6O2. The Morgan fingerprint density at radius 3 is 2.76 bits per heavy atom. The summed E-state index contributed by atoms with van der Waals surface area (Å²) in [6.45, 7) is 0.00776. The molecule has 0 unspecified atom stereocenters. The molecule has 150 valence electrons. The van der Waals surface area contributed by atoms with Crippen LogP contribution in [0.4, 0.5) is 4.39 Å². The van der Waals surface area contributed by atoms with Crippen LogP contribution < -0.4 is 10.9 Å². The third kappa shape index (κ3) is 4.74. The number of halogens is 1. The summed E-state index contributed by atoms with van der Waals surface area (Å²) in [5, 5.41) is 6.86. The normalized spacial score (nSPS) is 14.9. The first-order valence-electron chi connectivity index (χ1n) is 9.54. The van der Waals surface area contributed by atoms with Crippen molar-refractivity contribution in [2.75, 3.05) is 0 Å². The Labute approximate surface area is 166 Å². The van der Waals surface area contributed by atoms with Crippen LogP contribution in [0.5, 0.6) is 0 Å². The van der Waals surface area contributed by atoms with Gasteiger partial charge in [-0.05, 0) is 30.5 Å². The molecule has 8 nitrogen and oxygen atoms in total. The van der Waals surface area contributed by atoms with Gasteiger partial charge in [0.15, 0.2) is 0 Å². The zero-order chi connectivity index (χ0) is 20.2. The molecule has 0 aliphatic heterocycles. The SMILES string of the molecule is O=C(Cn1cncn1)N[C@H](Cc1cc(=O)[nH]c(C2CCC2)n1)c1ccc(F)cc1. The van der Waals surface area contributed by atoms with Gasteiger partial charge >= 0.3 is 0 Å². The first-order chi connectivity index (χ1) is 14.1. The minimum Gasteiger partial charge on any atom is -0.347 e. The first kappa shape index (κ1) is 19.0. The molecule has 1 aliphatic rings. The van der Waals surface area contributed by atoms with Crippen molar-refractivity contribution in [2.24, 2.45) is 0 Å². The summed E-state index contributed by atoms with van der Waals surface area (Å²) >= 11 is 0. The maximum Gasteiger partial charge on any atom is 0.251 e. The fourth-order valence-electron chi connectivity index (χ4n) is 3.37. The third-order valence-electron chi connectivity index (χ3n) is 5.10. The summed E-state index contributed by atoms with van der Waals surface area (Å²) in [4.78, 5) is 35.8. The summed E-state index contributed by atoms with van der Waals surface area (Å²) in [5.74, 6) is 0.358. The number of H-pyrrole nitrogens is 1. The molecule has 0 spiro atoms. The zero-order valence-corrected chi connectivity index (χ0v) is 15.7. The molecule has 1 fully saturated rings. The molecule has 1 atom stereocenters. The van der Waals surface area contributed by atoms with Crippen molar-refractivity contribution in [3.8, 4) is 0 Å². The molecule has 3 aromatic rings. The number of hydrogen-bond donors (Lipinski definition) is 2. The molecule has 1 saturated carbocycles. The Morgan fingerprint density at radius 2 is 2.10 bits per heavy atom. The van der Waals surface area contributed by atoms with E-state index in [1.165, 1.54) is 35.5 Å². The third-order valence-corrected chi connectivity index (χ3v) is 5.10. The minimum absolute atomic E-state index is 0.00776. The van der Waals surface area contributed by atoms with Crippen LogP contribution in [0.15, 0.2) is 47.8 Å².